The summed E-state index contributed by atoms with van der Waals surface area (Å²) in [6.45, 7) is 1.58. The minimum absolute atomic E-state index is 0.204. The van der Waals surface area contributed by atoms with E-state index in [0.717, 1.165) is 55.1 Å². The topological polar surface area (TPSA) is 50.5 Å². The van der Waals surface area contributed by atoms with Gasteiger partial charge in [-0.3, -0.25) is 9.20 Å². The van der Waals surface area contributed by atoms with Crippen LogP contribution in [0.1, 0.15) is 70.4 Å². The Hall–Kier alpha value is -2.21. The standard InChI is InChI=1S/C22H26N4OS/c27-22(19-14-16-8-3-1-2-4-10-18(16)28-19)25-12-7-9-17(15-25)21-24-23-20-11-5-6-13-26(20)21/h5-6,11,13-14,17H,1-4,7-10,12,15H2. The molecule has 0 aromatic carbocycles. The van der Waals surface area contributed by atoms with E-state index in [-0.39, 0.29) is 11.8 Å². The number of fused-ring (bicyclic) bond motifs is 2. The number of carbonyl (C=O) groups excluding carboxylic acids is 1. The summed E-state index contributed by atoms with van der Waals surface area (Å²) in [6.07, 6.45) is 11.5. The average molecular weight is 395 g/mol. The van der Waals surface area contributed by atoms with Crippen molar-refractivity contribution in [1.29, 1.82) is 0 Å². The Morgan fingerprint density at radius 3 is 2.89 bits per heavy atom. The van der Waals surface area contributed by atoms with Crippen molar-refractivity contribution >= 4 is 22.9 Å². The molecular weight excluding hydrogens is 368 g/mol. The van der Waals surface area contributed by atoms with Crippen molar-refractivity contribution in [2.45, 2.75) is 57.3 Å². The van der Waals surface area contributed by atoms with Crippen LogP contribution in [0.4, 0.5) is 0 Å². The molecule has 4 heterocycles. The Morgan fingerprint density at radius 2 is 1.96 bits per heavy atom. The van der Waals surface area contributed by atoms with Crippen LogP contribution >= 0.6 is 11.3 Å². The third-order valence-corrected chi connectivity index (χ3v) is 7.35. The molecule has 1 amide bonds. The van der Waals surface area contributed by atoms with Crippen molar-refractivity contribution in [3.05, 3.63) is 51.6 Å². The number of amides is 1. The van der Waals surface area contributed by atoms with Gasteiger partial charge in [0, 0.05) is 30.1 Å². The highest BCUT2D eigenvalue weighted by Crippen LogP contribution is 2.32. The lowest BCUT2D eigenvalue weighted by Crippen LogP contribution is -2.39. The number of hydrogen-bond donors (Lipinski definition) is 0. The molecule has 146 valence electrons. The predicted octanol–water partition coefficient (Wildman–Crippen LogP) is 4.47. The number of thiophene rings is 1. The fourth-order valence-electron chi connectivity index (χ4n) is 4.62. The summed E-state index contributed by atoms with van der Waals surface area (Å²) < 4.78 is 2.06. The fourth-order valence-corrected chi connectivity index (χ4v) is 5.84. The van der Waals surface area contributed by atoms with Gasteiger partial charge in [0.2, 0.25) is 0 Å². The minimum atomic E-state index is 0.204. The van der Waals surface area contributed by atoms with Crippen LogP contribution in [-0.4, -0.2) is 38.5 Å². The van der Waals surface area contributed by atoms with Gasteiger partial charge in [0.15, 0.2) is 5.65 Å². The lowest BCUT2D eigenvalue weighted by molar-refractivity contribution is 0.0709. The quantitative estimate of drug-likeness (QED) is 0.644. The lowest BCUT2D eigenvalue weighted by Gasteiger charge is -2.31. The molecule has 3 aromatic rings. The van der Waals surface area contributed by atoms with E-state index in [9.17, 15) is 4.79 Å². The van der Waals surface area contributed by atoms with Gasteiger partial charge in [-0.2, -0.15) is 0 Å². The van der Waals surface area contributed by atoms with Crippen molar-refractivity contribution in [2.24, 2.45) is 0 Å². The molecule has 1 aliphatic carbocycles. The van der Waals surface area contributed by atoms with Gasteiger partial charge in [-0.15, -0.1) is 21.5 Å². The van der Waals surface area contributed by atoms with Gasteiger partial charge in [-0.1, -0.05) is 18.9 Å². The van der Waals surface area contributed by atoms with Crippen LogP contribution in [-0.2, 0) is 12.8 Å². The molecule has 0 saturated carbocycles. The molecule has 0 spiro atoms. The summed E-state index contributed by atoms with van der Waals surface area (Å²) in [6, 6.07) is 8.15. The Labute approximate surface area is 169 Å². The number of rotatable bonds is 2. The van der Waals surface area contributed by atoms with Gasteiger partial charge in [0.05, 0.1) is 4.88 Å². The SMILES string of the molecule is O=C(c1cc2c(s1)CCCCCC2)N1CCCC(c2nnc3ccccn23)C1. The van der Waals surface area contributed by atoms with Crippen molar-refractivity contribution in [3.63, 3.8) is 0 Å². The van der Waals surface area contributed by atoms with E-state index in [1.165, 1.54) is 36.1 Å². The number of pyridine rings is 1. The van der Waals surface area contributed by atoms with Gasteiger partial charge in [-0.25, -0.2) is 0 Å². The first-order valence-corrected chi connectivity index (χ1v) is 11.3. The third kappa shape index (κ3) is 3.34. The molecular formula is C22H26N4OS. The van der Waals surface area contributed by atoms with Gasteiger partial charge in [0.1, 0.15) is 5.82 Å². The molecule has 1 saturated heterocycles. The number of nitrogens with zero attached hydrogens (tertiary/aromatic N) is 4. The number of aryl methyl sites for hydroxylation is 2. The summed E-state index contributed by atoms with van der Waals surface area (Å²) in [5.74, 6) is 1.43. The lowest BCUT2D eigenvalue weighted by atomic mass is 9.96. The smallest absolute Gasteiger partial charge is 0.263 e. The van der Waals surface area contributed by atoms with E-state index in [4.69, 9.17) is 0 Å². The van der Waals surface area contributed by atoms with Crippen LogP contribution in [0.15, 0.2) is 30.5 Å². The maximum absolute atomic E-state index is 13.3. The minimum Gasteiger partial charge on any atom is -0.337 e. The van der Waals surface area contributed by atoms with Gasteiger partial charge in [0.25, 0.3) is 5.91 Å². The van der Waals surface area contributed by atoms with Crippen molar-refractivity contribution in [3.8, 4) is 0 Å². The summed E-state index contributed by atoms with van der Waals surface area (Å²) in [5.41, 5.74) is 2.30. The van der Waals surface area contributed by atoms with Crippen LogP contribution in [0.2, 0.25) is 0 Å². The molecule has 2 aliphatic rings. The molecule has 6 heteroatoms. The first kappa shape index (κ1) is 17.9. The van der Waals surface area contributed by atoms with E-state index in [1.54, 1.807) is 11.3 Å². The zero-order chi connectivity index (χ0) is 18.9. The Bertz CT molecular complexity index is 966. The second-order valence-electron chi connectivity index (χ2n) is 8.05. The predicted molar refractivity (Wildman–Crippen MR) is 111 cm³/mol. The summed E-state index contributed by atoms with van der Waals surface area (Å²) in [4.78, 5) is 17.7. The van der Waals surface area contributed by atoms with E-state index in [0.29, 0.717) is 0 Å². The average Bonchev–Trinajstić information content (AvgIpc) is 3.31. The van der Waals surface area contributed by atoms with Crippen LogP contribution < -0.4 is 0 Å². The number of hydrogen-bond acceptors (Lipinski definition) is 4. The maximum atomic E-state index is 13.3. The fraction of sp³-hybridized carbons (Fsp3) is 0.500. The van der Waals surface area contributed by atoms with Crippen molar-refractivity contribution in [2.75, 3.05) is 13.1 Å². The van der Waals surface area contributed by atoms with Crippen LogP contribution in [0, 0.1) is 0 Å². The molecule has 3 aromatic heterocycles. The van der Waals surface area contributed by atoms with E-state index < -0.39 is 0 Å². The number of piperidine rings is 1. The largest absolute Gasteiger partial charge is 0.337 e. The molecule has 1 unspecified atom stereocenters. The van der Waals surface area contributed by atoms with E-state index in [2.05, 4.69) is 20.7 Å². The zero-order valence-corrected chi connectivity index (χ0v) is 17.0. The van der Waals surface area contributed by atoms with Crippen molar-refractivity contribution < 1.29 is 4.79 Å². The van der Waals surface area contributed by atoms with E-state index in [1.807, 2.05) is 29.3 Å². The van der Waals surface area contributed by atoms with E-state index >= 15 is 0 Å². The third-order valence-electron chi connectivity index (χ3n) is 6.12. The number of carbonyl (C=O) groups is 1. The highest BCUT2D eigenvalue weighted by atomic mass is 32.1. The molecule has 1 fully saturated rings. The Kier molecular flexibility index (Phi) is 4.89. The highest BCUT2D eigenvalue weighted by Gasteiger charge is 2.29. The van der Waals surface area contributed by atoms with Crippen LogP contribution in [0.3, 0.4) is 0 Å². The molecule has 1 atom stereocenters. The molecule has 0 radical (unpaired) electrons. The Balaban J connectivity index is 1.36. The molecule has 5 nitrogen and oxygen atoms in total. The van der Waals surface area contributed by atoms with Crippen molar-refractivity contribution in [1.82, 2.24) is 19.5 Å². The van der Waals surface area contributed by atoms with Gasteiger partial charge < -0.3 is 4.90 Å². The second kappa shape index (κ2) is 7.66. The first-order valence-electron chi connectivity index (χ1n) is 10.5. The van der Waals surface area contributed by atoms with Crippen LogP contribution in [0.5, 0.6) is 0 Å². The normalized spacial score (nSPS) is 20.6. The Morgan fingerprint density at radius 1 is 1.07 bits per heavy atom. The summed E-state index contributed by atoms with van der Waals surface area (Å²) in [7, 11) is 0. The molecule has 28 heavy (non-hydrogen) atoms. The number of aromatic nitrogens is 3. The summed E-state index contributed by atoms with van der Waals surface area (Å²) in [5, 5.41) is 8.73. The molecule has 0 N–H and O–H groups in total. The number of likely N-dealkylation sites (tertiary alicyclic amines) is 1. The van der Waals surface area contributed by atoms with Gasteiger partial charge in [-0.05, 0) is 62.3 Å². The molecule has 1 aliphatic heterocycles. The summed E-state index contributed by atoms with van der Waals surface area (Å²) >= 11 is 1.74. The zero-order valence-electron chi connectivity index (χ0n) is 16.1. The molecule has 0 bridgehead atoms. The monoisotopic (exact) mass is 394 g/mol. The molecule has 5 rings (SSSR count). The first-order chi connectivity index (χ1) is 13.8. The van der Waals surface area contributed by atoms with Gasteiger partial charge >= 0.3 is 0 Å². The maximum Gasteiger partial charge on any atom is 0.263 e. The van der Waals surface area contributed by atoms with Crippen LogP contribution in [0.25, 0.3) is 5.65 Å². The second-order valence-corrected chi connectivity index (χ2v) is 9.19. The highest BCUT2D eigenvalue weighted by molar-refractivity contribution is 7.14.